The summed E-state index contributed by atoms with van der Waals surface area (Å²) < 4.78 is 16.9. The number of fused-ring (bicyclic) bond motifs is 35. The Hall–Kier alpha value is -18.6. The summed E-state index contributed by atoms with van der Waals surface area (Å²) in [7, 11) is 0. The quantitative estimate of drug-likeness (QED) is 0.0212. The number of non-ortho nitro benzene ring substituents is 1. The van der Waals surface area contributed by atoms with E-state index in [0.717, 1.165) is 239 Å². The lowest BCUT2D eigenvalue weighted by Gasteiger charge is -2.12. The lowest BCUT2D eigenvalue weighted by atomic mass is 9.99. The molecule has 150 heavy (non-hydrogen) atoms. The zero-order valence-corrected chi connectivity index (χ0v) is 84.8. The number of rotatable bonds is 9. The van der Waals surface area contributed by atoms with Crippen molar-refractivity contribution >= 4 is 305 Å². The molecule has 0 spiro atoms. The highest BCUT2D eigenvalue weighted by molar-refractivity contribution is 9.11. The van der Waals surface area contributed by atoms with Crippen LogP contribution in [0, 0.1) is 15.9 Å². The summed E-state index contributed by atoms with van der Waals surface area (Å²) in [6, 6.07) is 117. The molecule has 0 aliphatic heterocycles. The molecule has 12 N–H and O–H groups in total. The van der Waals surface area contributed by atoms with E-state index in [4.69, 9.17) is 37.1 Å². The van der Waals surface area contributed by atoms with Crippen LogP contribution >= 0.6 is 60.0 Å². The summed E-state index contributed by atoms with van der Waals surface area (Å²) >= 11 is 16.4. The molecule has 0 saturated heterocycles. The standard InChI is InChI=1S/C30H20BrN5S.C25H17N3O.C23H13Br2N3.C23H14FN3.C23H14N4O2/c31-17-10-13-26-23(14-17)25(16-32-26)29-35-27-22-9-5-4-8-20(22)21-12-11-19(15-24(21)28(27)36-29)34-30(37)33-18-6-2-1-3-7-18;1-14(29)15-10-11-18-21(13-26-22(18)12-15)25-27-23-19-8-4-2-6-16(19)17-7-3-5-9-20(17)24(23)28-25;24-12-5-7-15-14-3-1-2-4-16(14)21-22(18(15)10-12)28-23(27-21)19-11-26-20-8-6-13(25)9-17(19)20;24-13-9-10-20-18(11-13)19(12-25-20)23-26-21-16-7-3-1-5-14(16)15-6-2-4-8-17(15)22(21)27-23;28-27(29)13-9-10-20-18(11-13)19(12-24-20)23-25-21-16-7-3-1-5-14(16)15-6-2-4-8-17(15)22(21)26-23/h1-16,32H,(H,35,36)(H2,33,34,37);2-13,26H,1H3,(H,27,28);1-11,26H,(H,27,28);1-12,25H,(H,26,27);1-12,24H,(H,25,26). The number of anilines is 2. The Morgan fingerprint density at radius 1 is 0.280 bits per heavy atom. The van der Waals surface area contributed by atoms with Crippen molar-refractivity contribution < 1.29 is 14.1 Å². The number of carbonyl (C=O) groups excluding carboxylic acids is 1. The molecule has 0 fully saturated rings. The van der Waals surface area contributed by atoms with Crippen molar-refractivity contribution in [1.82, 2.24) is 74.8 Å². The Balaban J connectivity index is 0.0000000926. The molecule has 0 atom stereocenters. The minimum absolute atomic E-state index is 0.0599. The smallest absolute Gasteiger partial charge is 0.270 e. The molecule has 21 aromatic carbocycles. The fourth-order valence-corrected chi connectivity index (χ4v) is 22.9. The number of benzene rings is 21. The molecule has 0 unspecified atom stereocenters. The number of halogens is 4. The molecule has 10 aromatic heterocycles. The fraction of sp³-hybridized carbons (Fsp3) is 0.00806. The Morgan fingerprint density at radius 3 is 0.947 bits per heavy atom. The highest BCUT2D eigenvalue weighted by Crippen LogP contribution is 2.46. The zero-order chi connectivity index (χ0) is 101. The van der Waals surface area contributed by atoms with Crippen LogP contribution in [0.25, 0.3) is 274 Å². The number of para-hydroxylation sites is 1. The summed E-state index contributed by atoms with van der Waals surface area (Å²) in [5.41, 5.74) is 22.0. The van der Waals surface area contributed by atoms with E-state index in [0.29, 0.717) is 16.5 Å². The number of thiocarbonyl (C=S) groups is 1. The van der Waals surface area contributed by atoms with Crippen LogP contribution in [0.4, 0.5) is 21.5 Å². The largest absolute Gasteiger partial charge is 0.360 e. The first-order valence-electron chi connectivity index (χ1n) is 48.6. The maximum absolute atomic E-state index is 13.8. The maximum Gasteiger partial charge on any atom is 0.270 e. The Bertz CT molecular complexity index is 10800. The second kappa shape index (κ2) is 36.6. The SMILES string of the molecule is Brc1ccc2[nH]cc(-c3nc4c5cc(Br)ccc5c5ccccc5c4[nH]3)c2c1.CC(=O)c1ccc2c(-c3nc4c5ccccc5c5ccccc5c4[nH]3)c[nH]c2c1.Fc1ccc2[nH]cc(-c3nc4c5ccccc5c5ccccc5c4[nH]3)c2c1.O=[N+]([O-])c1ccc2[nH]cc(-c3nc4c5ccccc5c5ccccc5c4[nH]3)c2c1.S=C(Nc1ccccc1)Nc1ccc2c3ccccc3c3[nH]c(-c4c[nH]c5ccc(Br)cc45)nc3c2c1. The topological polar surface area (TPSA) is 307 Å². The Kier molecular flexibility index (Phi) is 22.0. The minimum atomic E-state index is -0.379. The number of imidazole rings is 5. The molecule has 0 saturated carbocycles. The first-order valence-corrected chi connectivity index (χ1v) is 51.4. The fourth-order valence-electron chi connectivity index (χ4n) is 21.5. The van der Waals surface area contributed by atoms with Crippen LogP contribution in [0.2, 0.25) is 0 Å². The molecule has 21 nitrogen and oxygen atoms in total. The molecular formula is C124H78Br3FN18O3S. The number of hydrogen-bond donors (Lipinski definition) is 12. The van der Waals surface area contributed by atoms with Crippen molar-refractivity contribution in [3.8, 4) is 56.9 Å². The average molecular weight is 2160 g/mol. The molecule has 0 bridgehead atoms. The van der Waals surface area contributed by atoms with E-state index >= 15 is 0 Å². The second-order valence-corrected chi connectivity index (χ2v) is 40.3. The summed E-state index contributed by atoms with van der Waals surface area (Å²) in [5.74, 6) is 3.76. The number of nitrogens with one attached hydrogen (secondary N) is 12. The van der Waals surface area contributed by atoms with Crippen molar-refractivity contribution in [1.29, 1.82) is 0 Å². The van der Waals surface area contributed by atoms with Gasteiger partial charge in [-0.25, -0.2) is 29.3 Å². The monoisotopic (exact) mass is 2150 g/mol. The van der Waals surface area contributed by atoms with Gasteiger partial charge in [-0.2, -0.15) is 0 Å². The van der Waals surface area contributed by atoms with Gasteiger partial charge in [0.1, 0.15) is 34.9 Å². The first kappa shape index (κ1) is 90.2. The number of hydrogen-bond acceptors (Lipinski definition) is 9. The van der Waals surface area contributed by atoms with Gasteiger partial charge in [0.2, 0.25) is 0 Å². The van der Waals surface area contributed by atoms with Crippen LogP contribution in [-0.4, -0.2) is 90.6 Å². The van der Waals surface area contributed by atoms with Gasteiger partial charge in [-0.15, -0.1) is 0 Å². The minimum Gasteiger partial charge on any atom is -0.360 e. The van der Waals surface area contributed by atoms with Gasteiger partial charge < -0.3 is 60.5 Å². The van der Waals surface area contributed by atoms with Crippen LogP contribution < -0.4 is 10.6 Å². The van der Waals surface area contributed by atoms with Crippen molar-refractivity contribution in [2.24, 2.45) is 0 Å². The third kappa shape index (κ3) is 15.6. The van der Waals surface area contributed by atoms with E-state index < -0.39 is 0 Å². The number of nitro groups is 1. The molecule has 10 heterocycles. The van der Waals surface area contributed by atoms with Gasteiger partial charge in [-0.05, 0) is 176 Å². The number of carbonyl (C=O) groups is 1. The molecule has 0 aliphatic carbocycles. The number of Topliss-reactive ketones (excluding diaryl/α,β-unsaturated/α-hetero) is 1. The van der Waals surface area contributed by atoms with Crippen molar-refractivity contribution in [3.63, 3.8) is 0 Å². The summed E-state index contributed by atoms with van der Waals surface area (Å²) in [4.78, 5) is 81.7. The summed E-state index contributed by atoms with van der Waals surface area (Å²) in [6.45, 7) is 1.58. The molecule has 0 radical (unpaired) electrons. The van der Waals surface area contributed by atoms with Crippen LogP contribution in [-0.2, 0) is 0 Å². The highest BCUT2D eigenvalue weighted by Gasteiger charge is 2.26. The third-order valence-corrected chi connectivity index (χ3v) is 30.2. The first-order chi connectivity index (χ1) is 73.5. The van der Waals surface area contributed by atoms with Crippen LogP contribution in [0.3, 0.4) is 0 Å². The normalized spacial score (nSPS) is 11.7. The van der Waals surface area contributed by atoms with Crippen LogP contribution in [0.5, 0.6) is 0 Å². The van der Waals surface area contributed by atoms with Gasteiger partial charge >= 0.3 is 0 Å². The van der Waals surface area contributed by atoms with E-state index in [9.17, 15) is 19.3 Å². The Labute approximate surface area is 879 Å². The predicted octanol–water partition coefficient (Wildman–Crippen LogP) is 34.4. The number of nitro benzene ring substituents is 1. The molecule has 0 amide bonds. The number of aromatic amines is 10. The van der Waals surface area contributed by atoms with E-state index in [2.05, 4.69) is 327 Å². The van der Waals surface area contributed by atoms with Gasteiger partial charge in [-0.3, -0.25) is 14.9 Å². The van der Waals surface area contributed by atoms with Gasteiger partial charge in [0, 0.05) is 210 Å². The molecule has 26 heteroatoms. The van der Waals surface area contributed by atoms with Crippen LogP contribution in [0.15, 0.2) is 396 Å². The second-order valence-electron chi connectivity index (χ2n) is 37.2. The third-order valence-electron chi connectivity index (χ3n) is 28.5. The van der Waals surface area contributed by atoms with Crippen molar-refractivity contribution in [3.05, 3.63) is 418 Å². The molecule has 716 valence electrons. The summed E-state index contributed by atoms with van der Waals surface area (Å²) in [5, 5.41) is 46.4. The molecule has 31 aromatic rings. The number of ketones is 1. The highest BCUT2D eigenvalue weighted by atomic mass is 79.9. The lowest BCUT2D eigenvalue weighted by molar-refractivity contribution is -0.384. The lowest BCUT2D eigenvalue weighted by Crippen LogP contribution is -2.18. The number of H-pyrrole nitrogens is 10. The van der Waals surface area contributed by atoms with E-state index in [-0.39, 0.29) is 22.2 Å². The molecule has 0 aliphatic rings. The van der Waals surface area contributed by atoms with Crippen molar-refractivity contribution in [2.75, 3.05) is 10.6 Å². The van der Waals surface area contributed by atoms with Gasteiger partial charge in [0.15, 0.2) is 10.9 Å². The average Bonchev–Trinajstić information content (AvgIpc) is 1.56. The maximum atomic E-state index is 13.8. The van der Waals surface area contributed by atoms with E-state index in [1.165, 1.54) is 66.0 Å². The van der Waals surface area contributed by atoms with Gasteiger partial charge in [-0.1, -0.05) is 284 Å². The Morgan fingerprint density at radius 2 is 0.560 bits per heavy atom. The zero-order valence-electron chi connectivity index (χ0n) is 79.2. The number of nitrogens with zero attached hydrogens (tertiary/aromatic N) is 6. The van der Waals surface area contributed by atoms with E-state index in [1.54, 1.807) is 31.2 Å². The van der Waals surface area contributed by atoms with Crippen LogP contribution in [0.1, 0.15) is 17.3 Å². The van der Waals surface area contributed by atoms with Crippen molar-refractivity contribution in [2.45, 2.75) is 6.92 Å². The van der Waals surface area contributed by atoms with Gasteiger partial charge in [0.05, 0.1) is 60.1 Å². The van der Waals surface area contributed by atoms with E-state index in [1.807, 2.05) is 128 Å². The number of aromatic nitrogens is 15. The summed E-state index contributed by atoms with van der Waals surface area (Å²) in [6.07, 6.45) is 9.72. The van der Waals surface area contributed by atoms with Gasteiger partial charge in [0.25, 0.3) is 5.69 Å². The molecule has 31 rings (SSSR count). The predicted molar refractivity (Wildman–Crippen MR) is 628 cm³/mol. The molecular weight excluding hydrogens is 2080 g/mol.